The molecule has 3 fully saturated rings. The smallest absolute Gasteiger partial charge is 0.236 e. The molecule has 2 amide bonds. The largest absolute Gasteiger partial charge is 0.467 e. The molecule has 1 aromatic carbocycles. The molecule has 4 atom stereocenters. The molecular weight excluding hydrogens is 332 g/mol. The van der Waals surface area contributed by atoms with Gasteiger partial charge in [0.15, 0.2) is 5.72 Å². The highest BCUT2D eigenvalue weighted by Gasteiger charge is 2.61. The molecule has 26 heavy (non-hydrogen) atoms. The molecule has 1 saturated carbocycles. The molecular formula is C20H24N2O4. The van der Waals surface area contributed by atoms with E-state index < -0.39 is 11.6 Å². The lowest BCUT2D eigenvalue weighted by Gasteiger charge is -2.56. The summed E-state index contributed by atoms with van der Waals surface area (Å²) in [5, 5.41) is 3.13. The predicted molar refractivity (Wildman–Crippen MR) is 93.5 cm³/mol. The Balaban J connectivity index is 1.58. The molecule has 0 spiro atoms. The van der Waals surface area contributed by atoms with E-state index in [0.717, 1.165) is 37.0 Å². The van der Waals surface area contributed by atoms with E-state index in [9.17, 15) is 9.59 Å². The van der Waals surface area contributed by atoms with E-state index in [0.29, 0.717) is 26.3 Å². The van der Waals surface area contributed by atoms with Gasteiger partial charge in [0, 0.05) is 31.3 Å². The Morgan fingerprint density at radius 2 is 2.00 bits per heavy atom. The first-order valence-corrected chi connectivity index (χ1v) is 9.66. The Bertz CT molecular complexity index is 745. The van der Waals surface area contributed by atoms with Crippen molar-refractivity contribution in [3.63, 3.8) is 0 Å². The summed E-state index contributed by atoms with van der Waals surface area (Å²) in [5.74, 6) is -0.0567. The van der Waals surface area contributed by atoms with Gasteiger partial charge >= 0.3 is 0 Å². The number of para-hydroxylation sites is 1. The second kappa shape index (κ2) is 5.98. The van der Waals surface area contributed by atoms with E-state index in [1.54, 1.807) is 4.90 Å². The Hall–Kier alpha value is -2.08. The van der Waals surface area contributed by atoms with Crippen molar-refractivity contribution in [3.8, 4) is 5.75 Å². The summed E-state index contributed by atoms with van der Waals surface area (Å²) in [6.07, 6.45) is 3.94. The number of nitrogens with one attached hydrogen (secondary N) is 1. The van der Waals surface area contributed by atoms with Crippen molar-refractivity contribution in [2.75, 3.05) is 26.3 Å². The van der Waals surface area contributed by atoms with Crippen molar-refractivity contribution in [1.29, 1.82) is 0 Å². The number of morpholine rings is 1. The number of amides is 2. The highest BCUT2D eigenvalue weighted by molar-refractivity contribution is 6.02. The quantitative estimate of drug-likeness (QED) is 0.777. The Kier molecular flexibility index (Phi) is 3.71. The zero-order valence-corrected chi connectivity index (χ0v) is 14.8. The van der Waals surface area contributed by atoms with Gasteiger partial charge in [0.2, 0.25) is 11.8 Å². The first-order valence-electron chi connectivity index (χ1n) is 9.66. The first kappa shape index (κ1) is 16.1. The number of nitrogens with zero attached hydrogens (tertiary/aromatic N) is 1. The van der Waals surface area contributed by atoms with Crippen LogP contribution >= 0.6 is 0 Å². The standard InChI is InChI=1S/C20H24N2O4/c23-18-17(19(24)22-9-11-25-12-10-22)16-13-5-1-2-7-15(13)26-20(21-18)8-4-3-6-14(16)20/h1-2,5,7,14,16-17H,3-4,6,8-12H2,(H,21,23)/t14-,16-,17-,20+/m1/s1. The van der Waals surface area contributed by atoms with Gasteiger partial charge in [-0.3, -0.25) is 9.59 Å². The highest BCUT2D eigenvalue weighted by Crippen LogP contribution is 2.55. The van der Waals surface area contributed by atoms with Crippen molar-refractivity contribution in [2.24, 2.45) is 11.8 Å². The number of carbonyl (C=O) groups excluding carboxylic acids is 2. The summed E-state index contributed by atoms with van der Waals surface area (Å²) < 4.78 is 11.7. The lowest BCUT2D eigenvalue weighted by Crippen LogP contribution is -2.70. The van der Waals surface area contributed by atoms with Gasteiger partial charge in [-0.2, -0.15) is 0 Å². The average molecular weight is 356 g/mol. The summed E-state index contributed by atoms with van der Waals surface area (Å²) in [4.78, 5) is 28.2. The summed E-state index contributed by atoms with van der Waals surface area (Å²) in [6, 6.07) is 7.91. The van der Waals surface area contributed by atoms with Crippen molar-refractivity contribution < 1.29 is 19.1 Å². The number of carbonyl (C=O) groups is 2. The fourth-order valence-electron chi connectivity index (χ4n) is 5.32. The number of ether oxygens (including phenoxy) is 2. The molecule has 3 heterocycles. The second-order valence-electron chi connectivity index (χ2n) is 7.81. The molecule has 2 bridgehead atoms. The van der Waals surface area contributed by atoms with Gasteiger partial charge in [0.05, 0.1) is 13.2 Å². The van der Waals surface area contributed by atoms with E-state index in [2.05, 4.69) is 5.32 Å². The van der Waals surface area contributed by atoms with Crippen LogP contribution in [-0.2, 0) is 14.3 Å². The van der Waals surface area contributed by atoms with Crippen molar-refractivity contribution in [2.45, 2.75) is 37.3 Å². The Labute approximate surface area is 152 Å². The molecule has 0 aromatic heterocycles. The molecule has 0 radical (unpaired) electrons. The topological polar surface area (TPSA) is 67.9 Å². The van der Waals surface area contributed by atoms with Crippen molar-refractivity contribution in [3.05, 3.63) is 29.8 Å². The van der Waals surface area contributed by atoms with Gasteiger partial charge in [0.1, 0.15) is 11.7 Å². The number of benzene rings is 1. The SMILES string of the molecule is O=C1N[C@]23CCCC[C@@H]2[C@@H](c2ccccc2O3)[C@H]1C(=O)N1CCOCC1. The summed E-state index contributed by atoms with van der Waals surface area (Å²) in [7, 11) is 0. The number of hydrogen-bond acceptors (Lipinski definition) is 4. The molecule has 1 N–H and O–H groups in total. The van der Waals surface area contributed by atoms with Gasteiger partial charge in [-0.05, 0) is 24.5 Å². The van der Waals surface area contributed by atoms with Gasteiger partial charge in [-0.15, -0.1) is 0 Å². The van der Waals surface area contributed by atoms with Gasteiger partial charge in [-0.25, -0.2) is 0 Å². The normalized spacial score (nSPS) is 35.6. The van der Waals surface area contributed by atoms with Crippen molar-refractivity contribution in [1.82, 2.24) is 10.2 Å². The molecule has 6 nitrogen and oxygen atoms in total. The average Bonchev–Trinajstić information content (AvgIpc) is 2.67. The van der Waals surface area contributed by atoms with Gasteiger partial charge in [0.25, 0.3) is 0 Å². The third-order valence-electron chi connectivity index (χ3n) is 6.48. The lowest BCUT2D eigenvalue weighted by molar-refractivity contribution is -0.167. The fraction of sp³-hybridized carbons (Fsp3) is 0.600. The van der Waals surface area contributed by atoms with Crippen molar-refractivity contribution >= 4 is 11.8 Å². The van der Waals surface area contributed by atoms with Crippen LogP contribution in [0.15, 0.2) is 24.3 Å². The minimum absolute atomic E-state index is 0.0633. The monoisotopic (exact) mass is 356 g/mol. The minimum atomic E-state index is -0.672. The Morgan fingerprint density at radius 1 is 1.19 bits per heavy atom. The molecule has 6 heteroatoms. The molecule has 5 rings (SSSR count). The molecule has 2 saturated heterocycles. The Morgan fingerprint density at radius 3 is 2.85 bits per heavy atom. The third-order valence-corrected chi connectivity index (χ3v) is 6.48. The van der Waals surface area contributed by atoms with Crippen LogP contribution in [0.25, 0.3) is 0 Å². The highest BCUT2D eigenvalue weighted by atomic mass is 16.5. The fourth-order valence-corrected chi connectivity index (χ4v) is 5.32. The summed E-state index contributed by atoms with van der Waals surface area (Å²) >= 11 is 0. The predicted octanol–water partition coefficient (Wildman–Crippen LogP) is 1.65. The van der Waals surface area contributed by atoms with Crippen LogP contribution in [0.4, 0.5) is 0 Å². The van der Waals surface area contributed by atoms with Crippen LogP contribution < -0.4 is 10.1 Å². The van der Waals surface area contributed by atoms with Crippen LogP contribution in [0, 0.1) is 11.8 Å². The maximum atomic E-state index is 13.3. The maximum Gasteiger partial charge on any atom is 0.236 e. The van der Waals surface area contributed by atoms with E-state index in [-0.39, 0.29) is 23.7 Å². The van der Waals surface area contributed by atoms with E-state index in [4.69, 9.17) is 9.47 Å². The zero-order chi connectivity index (χ0) is 17.7. The first-order chi connectivity index (χ1) is 12.7. The van der Waals surface area contributed by atoms with Crippen LogP contribution in [-0.4, -0.2) is 48.7 Å². The molecule has 1 aliphatic carbocycles. The van der Waals surface area contributed by atoms with E-state index in [1.165, 1.54) is 0 Å². The van der Waals surface area contributed by atoms with E-state index in [1.807, 2.05) is 24.3 Å². The summed E-state index contributed by atoms with van der Waals surface area (Å²) in [6.45, 7) is 2.20. The summed E-state index contributed by atoms with van der Waals surface area (Å²) in [5.41, 5.74) is 0.368. The third kappa shape index (κ3) is 2.28. The lowest BCUT2D eigenvalue weighted by atomic mass is 9.62. The van der Waals surface area contributed by atoms with Crippen LogP contribution in [0.3, 0.4) is 0 Å². The molecule has 138 valence electrons. The zero-order valence-electron chi connectivity index (χ0n) is 14.8. The minimum Gasteiger partial charge on any atom is -0.467 e. The number of hydrogen-bond donors (Lipinski definition) is 1. The number of rotatable bonds is 1. The molecule has 1 aromatic rings. The number of fused-ring (bicyclic) bond motifs is 2. The maximum absolute atomic E-state index is 13.3. The van der Waals surface area contributed by atoms with Crippen LogP contribution in [0.2, 0.25) is 0 Å². The van der Waals surface area contributed by atoms with E-state index >= 15 is 0 Å². The van der Waals surface area contributed by atoms with Gasteiger partial charge < -0.3 is 19.7 Å². The van der Waals surface area contributed by atoms with Gasteiger partial charge in [-0.1, -0.05) is 24.6 Å². The number of piperidine rings is 1. The second-order valence-corrected chi connectivity index (χ2v) is 7.81. The van der Waals surface area contributed by atoms with Crippen LogP contribution in [0.1, 0.15) is 37.2 Å². The van der Waals surface area contributed by atoms with Crippen LogP contribution in [0.5, 0.6) is 5.75 Å². The molecule has 3 aliphatic heterocycles. The molecule has 4 aliphatic rings. The molecule has 0 unspecified atom stereocenters.